The van der Waals surface area contributed by atoms with Gasteiger partial charge in [0.15, 0.2) is 0 Å². The number of aliphatic hydroxyl groups excluding tert-OH is 2. The molecule has 2 rings (SSSR count). The highest BCUT2D eigenvalue weighted by Crippen LogP contribution is 2.20. The first-order valence-electron chi connectivity index (χ1n) is 7.50. The quantitative estimate of drug-likeness (QED) is 0.810. The second-order valence-corrected chi connectivity index (χ2v) is 6.09. The van der Waals surface area contributed by atoms with Crippen molar-refractivity contribution in [2.75, 3.05) is 26.3 Å². The Morgan fingerprint density at radius 1 is 1.38 bits per heavy atom. The van der Waals surface area contributed by atoms with Crippen LogP contribution in [0.4, 0.5) is 0 Å². The van der Waals surface area contributed by atoms with Crippen molar-refractivity contribution in [1.82, 2.24) is 4.90 Å². The number of ether oxygens (including phenoxy) is 1. The van der Waals surface area contributed by atoms with Crippen LogP contribution >= 0.6 is 11.6 Å². The van der Waals surface area contributed by atoms with Gasteiger partial charge < -0.3 is 14.9 Å². The summed E-state index contributed by atoms with van der Waals surface area (Å²) in [6.07, 6.45) is 1.47. The van der Waals surface area contributed by atoms with Crippen molar-refractivity contribution in [2.24, 2.45) is 0 Å². The van der Waals surface area contributed by atoms with E-state index < -0.39 is 6.10 Å². The van der Waals surface area contributed by atoms with Crippen molar-refractivity contribution in [2.45, 2.75) is 38.0 Å². The van der Waals surface area contributed by atoms with Crippen LogP contribution in [0.15, 0.2) is 24.3 Å². The molecule has 4 nitrogen and oxygen atoms in total. The zero-order chi connectivity index (χ0) is 15.2. The van der Waals surface area contributed by atoms with E-state index >= 15 is 0 Å². The standard InChI is InChI=1S/C16H24ClNO3/c1-12(13-4-6-14(17)7-5-13)21-11-16(20)9-18-8-2-3-15(18)10-19/h4-7,12,15-16,19-20H,2-3,8-11H2,1H3. The fourth-order valence-corrected chi connectivity index (χ4v) is 2.88. The Kier molecular flexibility index (Phi) is 6.45. The molecular weight excluding hydrogens is 290 g/mol. The summed E-state index contributed by atoms with van der Waals surface area (Å²) >= 11 is 5.86. The molecule has 1 aliphatic rings. The van der Waals surface area contributed by atoms with Crippen molar-refractivity contribution in [3.05, 3.63) is 34.9 Å². The molecule has 1 fully saturated rings. The minimum atomic E-state index is -0.535. The summed E-state index contributed by atoms with van der Waals surface area (Å²) in [5.74, 6) is 0. The van der Waals surface area contributed by atoms with Gasteiger partial charge in [-0.05, 0) is 44.0 Å². The lowest BCUT2D eigenvalue weighted by molar-refractivity contribution is -0.0194. The summed E-state index contributed by atoms with van der Waals surface area (Å²) in [6, 6.07) is 7.73. The lowest BCUT2D eigenvalue weighted by Gasteiger charge is -2.26. The second-order valence-electron chi connectivity index (χ2n) is 5.65. The van der Waals surface area contributed by atoms with Crippen molar-refractivity contribution in [3.63, 3.8) is 0 Å². The largest absolute Gasteiger partial charge is 0.395 e. The molecule has 1 aromatic rings. The van der Waals surface area contributed by atoms with E-state index in [1.165, 1.54) is 0 Å². The van der Waals surface area contributed by atoms with Crippen LogP contribution in [0.3, 0.4) is 0 Å². The number of nitrogens with zero attached hydrogens (tertiary/aromatic N) is 1. The topological polar surface area (TPSA) is 52.9 Å². The van der Waals surface area contributed by atoms with Crippen LogP contribution in [0.1, 0.15) is 31.4 Å². The zero-order valence-electron chi connectivity index (χ0n) is 12.4. The van der Waals surface area contributed by atoms with Gasteiger partial charge in [0.1, 0.15) is 0 Å². The van der Waals surface area contributed by atoms with Crippen LogP contribution in [0, 0.1) is 0 Å². The summed E-state index contributed by atoms with van der Waals surface area (Å²) in [5, 5.41) is 20.1. The molecule has 0 aromatic heterocycles. The van der Waals surface area contributed by atoms with Crippen molar-refractivity contribution >= 4 is 11.6 Å². The molecule has 0 bridgehead atoms. The minimum absolute atomic E-state index is 0.0795. The van der Waals surface area contributed by atoms with Gasteiger partial charge in [0.05, 0.1) is 25.4 Å². The highest BCUT2D eigenvalue weighted by Gasteiger charge is 2.25. The Hall–Kier alpha value is -0.650. The van der Waals surface area contributed by atoms with E-state index in [0.717, 1.165) is 24.9 Å². The maximum absolute atomic E-state index is 10.1. The number of hydrogen-bond donors (Lipinski definition) is 2. The van der Waals surface area contributed by atoms with Crippen molar-refractivity contribution < 1.29 is 14.9 Å². The third-order valence-electron chi connectivity index (χ3n) is 4.03. The number of rotatable bonds is 7. The summed E-state index contributed by atoms with van der Waals surface area (Å²) in [4.78, 5) is 2.14. The van der Waals surface area contributed by atoms with Crippen LogP contribution < -0.4 is 0 Å². The molecule has 3 unspecified atom stereocenters. The van der Waals surface area contributed by atoms with Crippen LogP contribution in [0.2, 0.25) is 5.02 Å². The first kappa shape index (κ1) is 16.7. The molecule has 0 radical (unpaired) electrons. The Morgan fingerprint density at radius 2 is 2.10 bits per heavy atom. The molecule has 0 saturated carbocycles. The number of hydrogen-bond acceptors (Lipinski definition) is 4. The molecule has 118 valence electrons. The molecule has 0 aliphatic carbocycles. The van der Waals surface area contributed by atoms with E-state index in [1.54, 1.807) is 0 Å². The highest BCUT2D eigenvalue weighted by molar-refractivity contribution is 6.30. The first-order valence-corrected chi connectivity index (χ1v) is 7.88. The van der Waals surface area contributed by atoms with Gasteiger partial charge in [-0.1, -0.05) is 23.7 Å². The van der Waals surface area contributed by atoms with Gasteiger partial charge in [-0.2, -0.15) is 0 Å². The molecule has 5 heteroatoms. The third kappa shape index (κ3) is 4.94. The van der Waals surface area contributed by atoms with E-state index in [2.05, 4.69) is 4.90 Å². The Morgan fingerprint density at radius 3 is 2.76 bits per heavy atom. The van der Waals surface area contributed by atoms with Gasteiger partial charge in [-0.3, -0.25) is 4.90 Å². The summed E-state index contributed by atoms with van der Waals surface area (Å²) in [5.41, 5.74) is 1.04. The van der Waals surface area contributed by atoms with E-state index in [4.69, 9.17) is 16.3 Å². The molecule has 0 amide bonds. The SMILES string of the molecule is CC(OCC(O)CN1CCCC1CO)c1ccc(Cl)cc1. The van der Waals surface area contributed by atoms with Gasteiger partial charge in [-0.15, -0.1) is 0 Å². The lowest BCUT2D eigenvalue weighted by atomic mass is 10.1. The summed E-state index contributed by atoms with van der Waals surface area (Å²) < 4.78 is 5.73. The number of aliphatic hydroxyl groups is 2. The average molecular weight is 314 g/mol. The van der Waals surface area contributed by atoms with Crippen LogP contribution in [0.5, 0.6) is 0 Å². The highest BCUT2D eigenvalue weighted by atomic mass is 35.5. The number of β-amino-alcohol motifs (C(OH)–C–C–N with tert-alkyl or cyclic N) is 1. The van der Waals surface area contributed by atoms with Crippen LogP contribution in [-0.4, -0.2) is 53.6 Å². The number of likely N-dealkylation sites (tertiary alicyclic amines) is 1. The monoisotopic (exact) mass is 313 g/mol. The van der Waals surface area contributed by atoms with E-state index in [1.807, 2.05) is 31.2 Å². The van der Waals surface area contributed by atoms with Crippen LogP contribution in [-0.2, 0) is 4.74 Å². The molecule has 3 atom stereocenters. The zero-order valence-corrected chi connectivity index (χ0v) is 13.2. The minimum Gasteiger partial charge on any atom is -0.395 e. The summed E-state index contributed by atoms with van der Waals surface area (Å²) in [6.45, 7) is 3.91. The molecule has 0 spiro atoms. The molecule has 1 aromatic carbocycles. The van der Waals surface area contributed by atoms with Crippen molar-refractivity contribution in [1.29, 1.82) is 0 Å². The second kappa shape index (κ2) is 8.11. The van der Waals surface area contributed by atoms with Gasteiger partial charge in [0.25, 0.3) is 0 Å². The van der Waals surface area contributed by atoms with Gasteiger partial charge in [0, 0.05) is 17.6 Å². The van der Waals surface area contributed by atoms with E-state index in [0.29, 0.717) is 18.2 Å². The van der Waals surface area contributed by atoms with E-state index in [-0.39, 0.29) is 18.8 Å². The summed E-state index contributed by atoms with van der Waals surface area (Å²) in [7, 11) is 0. The fraction of sp³-hybridized carbons (Fsp3) is 0.625. The molecule has 1 aliphatic heterocycles. The normalized spacial score (nSPS) is 22.4. The third-order valence-corrected chi connectivity index (χ3v) is 4.29. The number of halogens is 1. The predicted octanol–water partition coefficient (Wildman–Crippen LogP) is 2.24. The van der Waals surface area contributed by atoms with Crippen LogP contribution in [0.25, 0.3) is 0 Å². The Balaban J connectivity index is 1.75. The maximum Gasteiger partial charge on any atom is 0.0900 e. The average Bonchev–Trinajstić information content (AvgIpc) is 2.92. The maximum atomic E-state index is 10.1. The smallest absolute Gasteiger partial charge is 0.0900 e. The van der Waals surface area contributed by atoms with E-state index in [9.17, 15) is 10.2 Å². The van der Waals surface area contributed by atoms with Crippen molar-refractivity contribution in [3.8, 4) is 0 Å². The number of benzene rings is 1. The molecule has 21 heavy (non-hydrogen) atoms. The van der Waals surface area contributed by atoms with Gasteiger partial charge >= 0.3 is 0 Å². The molecule has 2 N–H and O–H groups in total. The molecular formula is C16H24ClNO3. The molecule has 1 saturated heterocycles. The first-order chi connectivity index (χ1) is 10.1. The Bertz CT molecular complexity index is 426. The van der Waals surface area contributed by atoms with Gasteiger partial charge in [-0.25, -0.2) is 0 Å². The fourth-order valence-electron chi connectivity index (χ4n) is 2.75. The Labute approximate surface area is 131 Å². The van der Waals surface area contributed by atoms with Gasteiger partial charge in [0.2, 0.25) is 0 Å². The predicted molar refractivity (Wildman–Crippen MR) is 83.5 cm³/mol. The lowest BCUT2D eigenvalue weighted by Crippen LogP contribution is -2.39. The molecule has 1 heterocycles.